The molecule has 8 heteroatoms. The molecular weight excluding hydrogens is 431 g/mol. The summed E-state index contributed by atoms with van der Waals surface area (Å²) in [4.78, 5) is 26.4. The van der Waals surface area contributed by atoms with E-state index in [9.17, 15) is 9.18 Å². The number of carbonyl (C=O) groups excluding carboxylic acids is 1. The third-order valence-corrected chi connectivity index (χ3v) is 5.81. The Morgan fingerprint density at radius 3 is 2.82 bits per heavy atom. The number of halogens is 1. The van der Waals surface area contributed by atoms with Gasteiger partial charge in [0, 0.05) is 30.6 Å². The SMILES string of the molecule is C#Cc1cc(F)c(C(=O)Nc2cccc(-c3nccn3C(C)C)n2)cc1-n1cnc(C2CC2)c1. The van der Waals surface area contributed by atoms with Gasteiger partial charge < -0.3 is 14.5 Å². The van der Waals surface area contributed by atoms with Crippen molar-refractivity contribution in [2.24, 2.45) is 0 Å². The van der Waals surface area contributed by atoms with Gasteiger partial charge in [0.1, 0.15) is 17.3 Å². The summed E-state index contributed by atoms with van der Waals surface area (Å²) >= 11 is 0. The van der Waals surface area contributed by atoms with Crippen molar-refractivity contribution < 1.29 is 9.18 Å². The molecule has 1 aliphatic carbocycles. The Hall–Kier alpha value is -4.25. The summed E-state index contributed by atoms with van der Waals surface area (Å²) in [5, 5.41) is 2.70. The third kappa shape index (κ3) is 4.08. The molecule has 1 amide bonds. The fourth-order valence-corrected chi connectivity index (χ4v) is 3.87. The average molecular weight is 455 g/mol. The molecular formula is C26H23FN6O. The molecule has 4 aromatic rings. The van der Waals surface area contributed by atoms with E-state index in [4.69, 9.17) is 6.42 Å². The lowest BCUT2D eigenvalue weighted by molar-refractivity contribution is 0.102. The average Bonchev–Trinajstić information content (AvgIpc) is 3.34. The smallest absolute Gasteiger partial charge is 0.259 e. The topological polar surface area (TPSA) is 77.6 Å². The third-order valence-electron chi connectivity index (χ3n) is 5.81. The molecule has 0 spiro atoms. The number of pyridine rings is 1. The molecule has 1 aliphatic rings. The molecule has 1 saturated carbocycles. The first-order valence-electron chi connectivity index (χ1n) is 11.1. The molecule has 0 saturated heterocycles. The van der Waals surface area contributed by atoms with Crippen molar-refractivity contribution >= 4 is 11.7 Å². The molecule has 1 aromatic carbocycles. The van der Waals surface area contributed by atoms with E-state index in [1.807, 2.05) is 36.9 Å². The number of hydrogen-bond acceptors (Lipinski definition) is 4. The minimum atomic E-state index is -0.705. The van der Waals surface area contributed by atoms with Gasteiger partial charge in [-0.3, -0.25) is 4.79 Å². The van der Waals surface area contributed by atoms with Gasteiger partial charge in [0.2, 0.25) is 0 Å². The van der Waals surface area contributed by atoms with Crippen LogP contribution in [0.2, 0.25) is 0 Å². The molecule has 0 unspecified atom stereocenters. The molecule has 3 heterocycles. The van der Waals surface area contributed by atoms with Gasteiger partial charge in [0.15, 0.2) is 5.82 Å². The standard InChI is InChI=1S/C26H23FN6O/c1-4-17-12-20(27)19(13-23(17)32-14-22(29-15-32)18-8-9-18)26(34)31-24-7-5-6-21(30-24)25-28-10-11-33(25)16(2)3/h1,5-7,10-16,18H,8-9H2,2-3H3,(H,30,31,34). The number of amides is 1. The highest BCUT2D eigenvalue weighted by Crippen LogP contribution is 2.39. The van der Waals surface area contributed by atoms with E-state index in [0.29, 0.717) is 34.5 Å². The van der Waals surface area contributed by atoms with Crippen LogP contribution >= 0.6 is 0 Å². The largest absolute Gasteiger partial charge is 0.327 e. The Bertz CT molecular complexity index is 1420. The van der Waals surface area contributed by atoms with Crippen molar-refractivity contribution in [2.45, 2.75) is 38.6 Å². The van der Waals surface area contributed by atoms with Crippen molar-refractivity contribution in [3.05, 3.63) is 77.9 Å². The van der Waals surface area contributed by atoms with Crippen molar-refractivity contribution in [1.82, 2.24) is 24.1 Å². The van der Waals surface area contributed by atoms with E-state index in [-0.39, 0.29) is 11.6 Å². The number of nitrogens with one attached hydrogen (secondary N) is 1. The lowest BCUT2D eigenvalue weighted by atomic mass is 10.1. The van der Waals surface area contributed by atoms with Crippen LogP contribution in [-0.2, 0) is 0 Å². The van der Waals surface area contributed by atoms with Gasteiger partial charge in [0.25, 0.3) is 5.91 Å². The van der Waals surface area contributed by atoms with E-state index in [1.165, 1.54) is 12.1 Å². The highest BCUT2D eigenvalue weighted by molar-refractivity contribution is 6.04. The lowest BCUT2D eigenvalue weighted by Gasteiger charge is -2.13. The first kappa shape index (κ1) is 21.6. The van der Waals surface area contributed by atoms with Crippen LogP contribution in [0.25, 0.3) is 17.2 Å². The number of nitrogens with zero attached hydrogens (tertiary/aromatic N) is 5. The van der Waals surface area contributed by atoms with Gasteiger partial charge >= 0.3 is 0 Å². The predicted octanol–water partition coefficient (Wildman–Crippen LogP) is 4.96. The Labute approximate surface area is 196 Å². The molecule has 0 bridgehead atoms. The summed E-state index contributed by atoms with van der Waals surface area (Å²) in [7, 11) is 0. The first-order chi connectivity index (χ1) is 16.4. The highest BCUT2D eigenvalue weighted by Gasteiger charge is 2.26. The summed E-state index contributed by atoms with van der Waals surface area (Å²) in [6.45, 7) is 4.09. The summed E-state index contributed by atoms with van der Waals surface area (Å²) in [6, 6.07) is 8.08. The van der Waals surface area contributed by atoms with Crippen LogP contribution in [0.4, 0.5) is 10.2 Å². The van der Waals surface area contributed by atoms with Crippen LogP contribution in [-0.4, -0.2) is 30.0 Å². The minimum absolute atomic E-state index is 0.133. The van der Waals surface area contributed by atoms with Gasteiger partial charge in [-0.2, -0.15) is 0 Å². The van der Waals surface area contributed by atoms with Gasteiger partial charge in [-0.1, -0.05) is 12.0 Å². The van der Waals surface area contributed by atoms with Crippen molar-refractivity contribution in [1.29, 1.82) is 0 Å². The summed E-state index contributed by atoms with van der Waals surface area (Å²) in [5.74, 6) is 2.61. The zero-order chi connectivity index (χ0) is 23.8. The second-order valence-corrected chi connectivity index (χ2v) is 8.59. The van der Waals surface area contributed by atoms with Crippen LogP contribution in [0.1, 0.15) is 60.3 Å². The van der Waals surface area contributed by atoms with Gasteiger partial charge in [-0.05, 0) is 51.0 Å². The fourth-order valence-electron chi connectivity index (χ4n) is 3.87. The van der Waals surface area contributed by atoms with E-state index in [2.05, 4.69) is 26.2 Å². The highest BCUT2D eigenvalue weighted by atomic mass is 19.1. The number of imidazole rings is 2. The van der Waals surface area contributed by atoms with E-state index < -0.39 is 11.7 Å². The number of benzene rings is 1. The molecule has 0 aliphatic heterocycles. The summed E-state index contributed by atoms with van der Waals surface area (Å²) < 4.78 is 18.6. The Kier molecular flexibility index (Phi) is 5.46. The quantitative estimate of drug-likeness (QED) is 0.418. The number of terminal acetylenes is 1. The number of carbonyl (C=O) groups is 1. The lowest BCUT2D eigenvalue weighted by Crippen LogP contribution is -2.16. The molecule has 1 fully saturated rings. The number of aromatic nitrogens is 5. The molecule has 34 heavy (non-hydrogen) atoms. The van der Waals surface area contributed by atoms with Gasteiger partial charge in [-0.25, -0.2) is 19.3 Å². The Morgan fingerprint density at radius 1 is 1.26 bits per heavy atom. The number of rotatable bonds is 6. The van der Waals surface area contributed by atoms with Crippen molar-refractivity contribution in [2.75, 3.05) is 5.32 Å². The van der Waals surface area contributed by atoms with Crippen molar-refractivity contribution in [3.8, 4) is 29.5 Å². The zero-order valence-electron chi connectivity index (χ0n) is 18.9. The van der Waals surface area contributed by atoms with Crippen LogP contribution in [0.15, 0.2) is 55.2 Å². The molecule has 170 valence electrons. The monoisotopic (exact) mass is 454 g/mol. The normalized spacial score (nSPS) is 13.1. The van der Waals surface area contributed by atoms with Gasteiger partial charge in [-0.15, -0.1) is 6.42 Å². The maximum Gasteiger partial charge on any atom is 0.259 e. The maximum absolute atomic E-state index is 14.9. The van der Waals surface area contributed by atoms with Crippen LogP contribution < -0.4 is 5.32 Å². The summed E-state index contributed by atoms with van der Waals surface area (Å²) in [5.41, 5.74) is 2.31. The molecule has 3 aromatic heterocycles. The Balaban J connectivity index is 1.45. The first-order valence-corrected chi connectivity index (χ1v) is 11.1. The van der Waals surface area contributed by atoms with Crippen LogP contribution in [0, 0.1) is 18.2 Å². The summed E-state index contributed by atoms with van der Waals surface area (Å²) in [6.07, 6.45) is 14.9. The molecule has 7 nitrogen and oxygen atoms in total. The predicted molar refractivity (Wildman–Crippen MR) is 127 cm³/mol. The number of hydrogen-bond donors (Lipinski definition) is 1. The van der Waals surface area contributed by atoms with E-state index >= 15 is 0 Å². The zero-order valence-corrected chi connectivity index (χ0v) is 18.9. The van der Waals surface area contributed by atoms with Crippen LogP contribution in [0.5, 0.6) is 0 Å². The van der Waals surface area contributed by atoms with E-state index in [0.717, 1.165) is 18.5 Å². The molecule has 0 atom stereocenters. The second kappa shape index (κ2) is 8.60. The number of anilines is 1. The van der Waals surface area contributed by atoms with Gasteiger partial charge in [0.05, 0.1) is 28.8 Å². The molecule has 5 rings (SSSR count). The van der Waals surface area contributed by atoms with E-state index in [1.54, 1.807) is 29.2 Å². The Morgan fingerprint density at radius 2 is 2.09 bits per heavy atom. The fraction of sp³-hybridized carbons (Fsp3) is 0.231. The minimum Gasteiger partial charge on any atom is -0.327 e. The maximum atomic E-state index is 14.9. The second-order valence-electron chi connectivity index (χ2n) is 8.59. The molecule has 1 N–H and O–H groups in total. The van der Waals surface area contributed by atoms with Crippen molar-refractivity contribution in [3.63, 3.8) is 0 Å². The van der Waals surface area contributed by atoms with Crippen LogP contribution in [0.3, 0.4) is 0 Å². The molecule has 0 radical (unpaired) electrons.